The minimum atomic E-state index is 0.194. The van der Waals surface area contributed by atoms with Gasteiger partial charge in [-0.05, 0) is 25.9 Å². The van der Waals surface area contributed by atoms with Gasteiger partial charge in [0.05, 0.1) is 0 Å². The molecular weight excluding hydrogens is 220 g/mol. The van der Waals surface area contributed by atoms with Gasteiger partial charge in [-0.3, -0.25) is 4.79 Å². The Kier molecular flexibility index (Phi) is 3.80. The number of hydrogen-bond donors (Lipinski definition) is 1. The fourth-order valence-corrected chi connectivity index (χ4v) is 3.47. The molecule has 0 radical (unpaired) electrons. The van der Waals surface area contributed by atoms with E-state index in [4.69, 9.17) is 0 Å². The van der Waals surface area contributed by atoms with Gasteiger partial charge in [-0.2, -0.15) is 11.8 Å². The van der Waals surface area contributed by atoms with E-state index in [1.54, 1.807) is 0 Å². The maximum atomic E-state index is 12.4. The molecule has 92 valence electrons. The van der Waals surface area contributed by atoms with Gasteiger partial charge in [0, 0.05) is 29.5 Å². The van der Waals surface area contributed by atoms with Crippen molar-refractivity contribution in [3.63, 3.8) is 0 Å². The number of nitrogens with zero attached hydrogens (tertiary/aromatic N) is 1. The van der Waals surface area contributed by atoms with Crippen molar-refractivity contribution in [1.29, 1.82) is 0 Å². The largest absolute Gasteiger partial charge is 0.338 e. The second kappa shape index (κ2) is 4.96. The van der Waals surface area contributed by atoms with Crippen LogP contribution in [0.3, 0.4) is 0 Å². The number of carbonyl (C=O) groups excluding carboxylic acids is 1. The zero-order chi connectivity index (χ0) is 11.7. The molecule has 2 aliphatic heterocycles. The Morgan fingerprint density at radius 2 is 2.12 bits per heavy atom. The van der Waals surface area contributed by atoms with E-state index in [1.807, 2.05) is 11.8 Å². The molecule has 0 saturated carbocycles. The average molecular weight is 242 g/mol. The average Bonchev–Trinajstić information content (AvgIpc) is 2.18. The number of thioether (sulfide) groups is 1. The minimum absolute atomic E-state index is 0.194. The van der Waals surface area contributed by atoms with Crippen LogP contribution in [0.4, 0.5) is 0 Å². The summed E-state index contributed by atoms with van der Waals surface area (Å²) in [5, 5.41) is 3.82. The monoisotopic (exact) mass is 242 g/mol. The molecule has 0 aliphatic carbocycles. The molecule has 0 aromatic carbocycles. The van der Waals surface area contributed by atoms with E-state index in [1.165, 1.54) is 0 Å². The lowest BCUT2D eigenvalue weighted by Crippen LogP contribution is -2.54. The first-order valence-electron chi connectivity index (χ1n) is 6.24. The highest BCUT2D eigenvalue weighted by molar-refractivity contribution is 8.00. The highest BCUT2D eigenvalue weighted by atomic mass is 32.2. The topological polar surface area (TPSA) is 32.3 Å². The summed E-state index contributed by atoms with van der Waals surface area (Å²) >= 11 is 1.98. The van der Waals surface area contributed by atoms with Gasteiger partial charge in [0.15, 0.2) is 0 Å². The number of carbonyl (C=O) groups is 1. The van der Waals surface area contributed by atoms with Gasteiger partial charge in [-0.15, -0.1) is 0 Å². The maximum Gasteiger partial charge on any atom is 0.226 e. The van der Waals surface area contributed by atoms with Crippen LogP contribution in [0.15, 0.2) is 0 Å². The second-order valence-electron chi connectivity index (χ2n) is 5.06. The zero-order valence-electron chi connectivity index (χ0n) is 10.4. The fourth-order valence-electron chi connectivity index (χ4n) is 2.37. The van der Waals surface area contributed by atoms with Crippen LogP contribution < -0.4 is 5.32 Å². The van der Waals surface area contributed by atoms with Crippen molar-refractivity contribution in [2.45, 2.75) is 32.1 Å². The van der Waals surface area contributed by atoms with Crippen molar-refractivity contribution >= 4 is 17.7 Å². The van der Waals surface area contributed by atoms with E-state index < -0.39 is 0 Å². The van der Waals surface area contributed by atoms with Gasteiger partial charge in [0.25, 0.3) is 0 Å². The smallest absolute Gasteiger partial charge is 0.226 e. The molecule has 2 aliphatic rings. The molecular formula is C12H22N2OS. The zero-order valence-corrected chi connectivity index (χ0v) is 11.2. The van der Waals surface area contributed by atoms with Gasteiger partial charge in [-0.1, -0.05) is 13.8 Å². The van der Waals surface area contributed by atoms with E-state index in [2.05, 4.69) is 31.0 Å². The summed E-state index contributed by atoms with van der Waals surface area (Å²) in [5.41, 5.74) is 0. The molecule has 0 aromatic heterocycles. The van der Waals surface area contributed by atoms with Crippen LogP contribution in [0.1, 0.15) is 20.8 Å². The molecule has 16 heavy (non-hydrogen) atoms. The molecule has 1 amide bonds. The van der Waals surface area contributed by atoms with Crippen LogP contribution in [-0.2, 0) is 4.79 Å². The molecule has 3 unspecified atom stereocenters. The second-order valence-corrected chi connectivity index (χ2v) is 6.54. The molecule has 0 spiro atoms. The molecule has 0 bridgehead atoms. The van der Waals surface area contributed by atoms with Crippen molar-refractivity contribution in [3.05, 3.63) is 0 Å². The van der Waals surface area contributed by atoms with Gasteiger partial charge >= 0.3 is 0 Å². The van der Waals surface area contributed by atoms with E-state index >= 15 is 0 Å². The van der Waals surface area contributed by atoms with Crippen LogP contribution in [0.5, 0.6) is 0 Å². The van der Waals surface area contributed by atoms with E-state index in [-0.39, 0.29) is 5.92 Å². The van der Waals surface area contributed by atoms with Gasteiger partial charge < -0.3 is 10.2 Å². The first kappa shape index (κ1) is 12.2. The summed E-state index contributed by atoms with van der Waals surface area (Å²) in [6, 6.07) is 0.390. The summed E-state index contributed by atoms with van der Waals surface area (Å²) in [6.07, 6.45) is 0. The molecule has 2 heterocycles. The Morgan fingerprint density at radius 1 is 1.44 bits per heavy atom. The molecule has 2 saturated heterocycles. The van der Waals surface area contributed by atoms with Crippen LogP contribution in [0.2, 0.25) is 0 Å². The van der Waals surface area contributed by atoms with E-state index in [0.717, 1.165) is 25.4 Å². The molecule has 0 aromatic rings. The SMILES string of the molecule is CC1SCCN(C(=O)C(C)C2CNC2)C1C. The minimum Gasteiger partial charge on any atom is -0.338 e. The number of hydrogen-bond acceptors (Lipinski definition) is 3. The predicted molar refractivity (Wildman–Crippen MR) is 68.6 cm³/mol. The van der Waals surface area contributed by atoms with Crippen LogP contribution >= 0.6 is 11.8 Å². The van der Waals surface area contributed by atoms with Crippen molar-refractivity contribution in [1.82, 2.24) is 10.2 Å². The molecule has 1 N–H and O–H groups in total. The number of rotatable bonds is 2. The Labute approximate surface area is 102 Å². The third kappa shape index (κ3) is 2.23. The van der Waals surface area contributed by atoms with Crippen molar-refractivity contribution in [2.75, 3.05) is 25.4 Å². The Morgan fingerprint density at radius 3 is 2.69 bits per heavy atom. The summed E-state index contributed by atoms with van der Waals surface area (Å²) in [7, 11) is 0. The van der Waals surface area contributed by atoms with E-state index in [0.29, 0.717) is 23.1 Å². The Hall–Kier alpha value is -0.220. The van der Waals surface area contributed by atoms with E-state index in [9.17, 15) is 4.79 Å². The molecule has 3 nitrogen and oxygen atoms in total. The molecule has 3 atom stereocenters. The lowest BCUT2D eigenvalue weighted by Gasteiger charge is -2.41. The first-order valence-corrected chi connectivity index (χ1v) is 7.29. The van der Waals surface area contributed by atoms with Gasteiger partial charge in [0.1, 0.15) is 0 Å². The third-order valence-corrected chi connectivity index (χ3v) is 5.41. The standard InChI is InChI=1S/C12H22N2OS/c1-8(11-6-13-7-11)12(15)14-4-5-16-10(3)9(14)2/h8-11,13H,4-7H2,1-3H3. The Balaban J connectivity index is 1.96. The molecule has 2 rings (SSSR count). The van der Waals surface area contributed by atoms with Crippen molar-refractivity contribution in [3.8, 4) is 0 Å². The quantitative estimate of drug-likeness (QED) is 0.789. The highest BCUT2D eigenvalue weighted by Crippen LogP contribution is 2.27. The Bertz CT molecular complexity index is 268. The van der Waals surface area contributed by atoms with Crippen molar-refractivity contribution < 1.29 is 4.79 Å². The van der Waals surface area contributed by atoms with Crippen LogP contribution in [-0.4, -0.2) is 47.5 Å². The van der Waals surface area contributed by atoms with Gasteiger partial charge in [0.2, 0.25) is 5.91 Å². The number of amides is 1. The van der Waals surface area contributed by atoms with Gasteiger partial charge in [-0.25, -0.2) is 0 Å². The fraction of sp³-hybridized carbons (Fsp3) is 0.917. The third-order valence-electron chi connectivity index (χ3n) is 4.08. The lowest BCUT2D eigenvalue weighted by molar-refractivity contribution is -0.139. The normalized spacial score (nSPS) is 33.3. The lowest BCUT2D eigenvalue weighted by atomic mass is 9.87. The van der Waals surface area contributed by atoms with Crippen molar-refractivity contribution in [2.24, 2.45) is 11.8 Å². The maximum absolute atomic E-state index is 12.4. The molecule has 2 fully saturated rings. The summed E-state index contributed by atoms with van der Waals surface area (Å²) < 4.78 is 0. The van der Waals surface area contributed by atoms with Crippen LogP contribution in [0.25, 0.3) is 0 Å². The summed E-state index contributed by atoms with van der Waals surface area (Å²) in [6.45, 7) is 9.45. The first-order chi connectivity index (χ1) is 7.61. The molecule has 4 heteroatoms. The predicted octanol–water partition coefficient (Wildman–Crippen LogP) is 1.19. The number of nitrogens with one attached hydrogen (secondary N) is 1. The summed E-state index contributed by atoms with van der Waals surface area (Å²) in [5.74, 6) is 2.21. The summed E-state index contributed by atoms with van der Waals surface area (Å²) in [4.78, 5) is 14.5. The van der Waals surface area contributed by atoms with Crippen LogP contribution in [0, 0.1) is 11.8 Å². The highest BCUT2D eigenvalue weighted by Gasteiger charge is 2.35.